The van der Waals surface area contributed by atoms with E-state index in [9.17, 15) is 0 Å². The molecule has 0 fully saturated rings. The second-order valence-corrected chi connectivity index (χ2v) is 13.9. The van der Waals surface area contributed by atoms with Crippen LogP contribution in [0.4, 0.5) is 0 Å². The van der Waals surface area contributed by atoms with Crippen LogP contribution in [-0.2, 0) is 29.7 Å². The first-order chi connectivity index (χ1) is 19.7. The van der Waals surface area contributed by atoms with Crippen molar-refractivity contribution in [3.8, 4) is 0 Å². The molecule has 0 spiro atoms. The van der Waals surface area contributed by atoms with Crippen LogP contribution in [-0.4, -0.2) is 22.3 Å². The molecule has 0 amide bonds. The van der Waals surface area contributed by atoms with Gasteiger partial charge in [0, 0.05) is 13.1 Å². The number of rotatable bonds is 34. The Kier molecular flexibility index (Phi) is 41.3. The molecular weight excluding hydrogens is 586 g/mol. The van der Waals surface area contributed by atoms with Crippen molar-refractivity contribution in [2.24, 2.45) is 0 Å². The zero-order valence-electron chi connectivity index (χ0n) is 28.1. The average molecular weight is 661 g/mol. The Bertz CT molecular complexity index is 452. The molecule has 0 aromatic heterocycles. The van der Waals surface area contributed by atoms with Gasteiger partial charge in [-0.25, -0.2) is 0 Å². The van der Waals surface area contributed by atoms with Crippen LogP contribution in [0, 0.1) is 0 Å². The Morgan fingerprint density at radius 1 is 0.366 bits per heavy atom. The third-order valence-electron chi connectivity index (χ3n) is 8.82. The van der Waals surface area contributed by atoms with Crippen LogP contribution < -0.4 is 0 Å². The Morgan fingerprint density at radius 3 is 0.707 bits per heavy atom. The fourth-order valence-electron chi connectivity index (χ4n) is 6.00. The molecule has 0 aliphatic carbocycles. The minimum absolute atomic E-state index is 0. The fraction of sp³-hybridized carbons (Fsp3) is 0.973. The SMILES string of the molecule is CCCCCCCCCCCCCCCCCCN(CCCCCCCCCCCCCCCCCC)C(=S)[S-].[Cu+]. The number of nitrogens with zero attached hydrogens (tertiary/aromatic N) is 1. The van der Waals surface area contributed by atoms with Gasteiger partial charge in [-0.2, -0.15) is 0 Å². The van der Waals surface area contributed by atoms with E-state index in [1.807, 2.05) is 0 Å². The second kappa shape index (κ2) is 38.7. The summed E-state index contributed by atoms with van der Waals surface area (Å²) < 4.78 is 0.696. The van der Waals surface area contributed by atoms with Gasteiger partial charge < -0.3 is 29.7 Å². The van der Waals surface area contributed by atoms with Crippen molar-refractivity contribution < 1.29 is 17.1 Å². The van der Waals surface area contributed by atoms with E-state index >= 15 is 0 Å². The van der Waals surface area contributed by atoms with Crippen LogP contribution in [0.5, 0.6) is 0 Å². The molecule has 250 valence electrons. The van der Waals surface area contributed by atoms with Crippen LogP contribution in [0.25, 0.3) is 0 Å². The molecule has 0 unspecified atom stereocenters. The molecule has 0 heterocycles. The van der Waals surface area contributed by atoms with Gasteiger partial charge in [0.1, 0.15) is 0 Å². The van der Waals surface area contributed by atoms with Crippen molar-refractivity contribution in [1.82, 2.24) is 4.90 Å². The Balaban J connectivity index is 0. The Hall–Kier alpha value is 0.629. The van der Waals surface area contributed by atoms with Crippen molar-refractivity contribution in [3.63, 3.8) is 0 Å². The summed E-state index contributed by atoms with van der Waals surface area (Å²) in [4.78, 5) is 2.30. The molecule has 0 bridgehead atoms. The molecule has 41 heavy (non-hydrogen) atoms. The summed E-state index contributed by atoms with van der Waals surface area (Å²) in [6, 6.07) is 0. The number of unbranched alkanes of at least 4 members (excludes halogenated alkanes) is 30. The maximum atomic E-state index is 5.38. The minimum atomic E-state index is 0. The molecule has 0 aliphatic rings. The van der Waals surface area contributed by atoms with Crippen LogP contribution in [0.15, 0.2) is 0 Å². The third-order valence-corrected chi connectivity index (χ3v) is 9.34. The fourth-order valence-corrected chi connectivity index (χ4v) is 6.36. The zero-order valence-corrected chi connectivity index (χ0v) is 30.7. The summed E-state index contributed by atoms with van der Waals surface area (Å²) in [7, 11) is 0. The summed E-state index contributed by atoms with van der Waals surface area (Å²) in [5.74, 6) is 0. The van der Waals surface area contributed by atoms with E-state index in [1.165, 1.54) is 205 Å². The van der Waals surface area contributed by atoms with E-state index < -0.39 is 0 Å². The second-order valence-electron chi connectivity index (χ2n) is 12.9. The smallest absolute Gasteiger partial charge is 0.411 e. The number of hydrogen-bond acceptors (Lipinski definition) is 2. The standard InChI is InChI=1S/C37H75NS2.Cu/c1-3-5-7-9-11-13-15-17-19-21-23-25-27-29-31-33-35-38(37(39)40)36-34-32-30-28-26-24-22-20-18-16-14-12-10-8-6-4-2;/h3-36H2,1-2H3,(H,39,40);/q;+1/p-1. The molecule has 0 aromatic carbocycles. The van der Waals surface area contributed by atoms with E-state index in [1.54, 1.807) is 0 Å². The first kappa shape index (κ1) is 43.8. The largest absolute Gasteiger partial charge is 1.00 e. The van der Waals surface area contributed by atoms with Gasteiger partial charge in [-0.15, -0.1) is 0 Å². The maximum Gasteiger partial charge on any atom is 1.00 e. The maximum absolute atomic E-state index is 5.38. The molecule has 0 saturated carbocycles. The molecule has 0 radical (unpaired) electrons. The molecule has 0 rings (SSSR count). The Morgan fingerprint density at radius 2 is 0.537 bits per heavy atom. The molecule has 0 aromatic rings. The summed E-state index contributed by atoms with van der Waals surface area (Å²) in [6.07, 6.45) is 45.5. The van der Waals surface area contributed by atoms with Gasteiger partial charge in [-0.1, -0.05) is 211 Å². The van der Waals surface area contributed by atoms with Crippen molar-refractivity contribution in [1.29, 1.82) is 0 Å². The quantitative estimate of drug-likeness (QED) is 0.0293. The topological polar surface area (TPSA) is 3.24 Å². The van der Waals surface area contributed by atoms with E-state index in [4.69, 9.17) is 24.8 Å². The molecule has 0 aliphatic heterocycles. The van der Waals surface area contributed by atoms with Gasteiger partial charge in [0.2, 0.25) is 0 Å². The van der Waals surface area contributed by atoms with Gasteiger partial charge in [0.05, 0.1) is 0 Å². The van der Waals surface area contributed by atoms with Crippen LogP contribution in [0.2, 0.25) is 0 Å². The van der Waals surface area contributed by atoms with Crippen molar-refractivity contribution in [2.75, 3.05) is 13.1 Å². The van der Waals surface area contributed by atoms with E-state index in [2.05, 4.69) is 18.7 Å². The summed E-state index contributed by atoms with van der Waals surface area (Å²) in [5.41, 5.74) is 0. The molecule has 4 heteroatoms. The first-order valence-electron chi connectivity index (χ1n) is 18.7. The van der Waals surface area contributed by atoms with Gasteiger partial charge in [-0.05, 0) is 12.8 Å². The monoisotopic (exact) mass is 659 g/mol. The van der Waals surface area contributed by atoms with E-state index in [0.717, 1.165) is 13.1 Å². The van der Waals surface area contributed by atoms with Crippen LogP contribution in [0.1, 0.15) is 219 Å². The predicted molar refractivity (Wildman–Crippen MR) is 191 cm³/mol. The van der Waals surface area contributed by atoms with Crippen molar-refractivity contribution >= 4 is 29.2 Å². The summed E-state index contributed by atoms with van der Waals surface area (Å²) in [5, 5.41) is 0. The van der Waals surface area contributed by atoms with Crippen molar-refractivity contribution in [3.05, 3.63) is 0 Å². The first-order valence-corrected chi connectivity index (χ1v) is 19.5. The van der Waals surface area contributed by atoms with E-state index in [-0.39, 0.29) is 17.1 Å². The zero-order chi connectivity index (χ0) is 29.2. The predicted octanol–water partition coefficient (Wildman–Crippen LogP) is 13.6. The summed E-state index contributed by atoms with van der Waals surface area (Å²) >= 11 is 10.8. The van der Waals surface area contributed by atoms with Gasteiger partial charge >= 0.3 is 17.1 Å². The van der Waals surface area contributed by atoms with Crippen LogP contribution in [0.3, 0.4) is 0 Å². The number of thiocarbonyl (C=S) groups is 1. The molecule has 0 atom stereocenters. The Labute approximate surface area is 282 Å². The number of hydrogen-bond donors (Lipinski definition) is 0. The van der Waals surface area contributed by atoms with E-state index in [0.29, 0.717) is 4.32 Å². The molecular formula is C37H74CuNS2. The van der Waals surface area contributed by atoms with Gasteiger partial charge in [0.15, 0.2) is 0 Å². The normalized spacial score (nSPS) is 11.1. The van der Waals surface area contributed by atoms with Gasteiger partial charge in [0.25, 0.3) is 0 Å². The molecule has 1 nitrogen and oxygen atoms in total. The summed E-state index contributed by atoms with van der Waals surface area (Å²) in [6.45, 7) is 6.77. The molecule has 0 N–H and O–H groups in total. The van der Waals surface area contributed by atoms with Crippen LogP contribution >= 0.6 is 12.2 Å². The molecule has 0 saturated heterocycles. The third kappa shape index (κ3) is 36.7. The van der Waals surface area contributed by atoms with Gasteiger partial charge in [-0.3, -0.25) is 0 Å². The van der Waals surface area contributed by atoms with Crippen molar-refractivity contribution in [2.45, 2.75) is 219 Å². The minimum Gasteiger partial charge on any atom is -0.411 e. The average Bonchev–Trinajstić information content (AvgIpc) is 2.95.